The molecule has 2 aromatic rings. The maximum absolute atomic E-state index is 14.1. The highest BCUT2D eigenvalue weighted by Gasteiger charge is 2.32. The Kier molecular flexibility index (Phi) is 4.79. The third-order valence-corrected chi connectivity index (χ3v) is 4.41. The number of hydrogen-bond acceptors (Lipinski definition) is 4. The van der Waals surface area contributed by atoms with Gasteiger partial charge in [-0.1, -0.05) is 12.1 Å². The maximum Gasteiger partial charge on any atom is 0.127 e. The monoisotopic (exact) mass is 326 g/mol. The lowest BCUT2D eigenvalue weighted by Crippen LogP contribution is -2.25. The second kappa shape index (κ2) is 7.00. The summed E-state index contributed by atoms with van der Waals surface area (Å²) in [5.74, 6) is 0.422. The van der Waals surface area contributed by atoms with Gasteiger partial charge in [0.1, 0.15) is 11.6 Å². The van der Waals surface area contributed by atoms with Gasteiger partial charge in [-0.15, -0.1) is 0 Å². The molecule has 2 atom stereocenters. The molecule has 124 valence electrons. The molecule has 0 spiro atoms. The molecule has 0 aromatic heterocycles. The van der Waals surface area contributed by atoms with Gasteiger partial charge in [0.05, 0.1) is 24.8 Å². The molecule has 3 rings (SSSR count). The van der Waals surface area contributed by atoms with Crippen LogP contribution in [0, 0.1) is 17.1 Å². The average Bonchev–Trinajstić information content (AvgIpc) is 2.97. The van der Waals surface area contributed by atoms with Crippen molar-refractivity contribution in [1.29, 1.82) is 5.26 Å². The summed E-state index contributed by atoms with van der Waals surface area (Å²) in [6, 6.07) is 14.1. The number of β-amino-alcohol motifs (C(OH)–C–C–N with tert-alkyl or cyclic N) is 1. The van der Waals surface area contributed by atoms with E-state index in [9.17, 15) is 9.50 Å². The first-order valence-electron chi connectivity index (χ1n) is 7.85. The lowest BCUT2D eigenvalue weighted by Gasteiger charge is -2.25. The first kappa shape index (κ1) is 16.4. The third-order valence-electron chi connectivity index (χ3n) is 4.41. The Morgan fingerprint density at radius 3 is 2.92 bits per heavy atom. The van der Waals surface area contributed by atoms with Crippen molar-refractivity contribution in [3.05, 3.63) is 65.0 Å². The van der Waals surface area contributed by atoms with E-state index in [1.54, 1.807) is 13.2 Å². The average molecular weight is 326 g/mol. The van der Waals surface area contributed by atoms with Crippen molar-refractivity contribution in [2.75, 3.05) is 13.7 Å². The number of hydrogen-bond donors (Lipinski definition) is 1. The molecule has 2 aromatic carbocycles. The van der Waals surface area contributed by atoms with Crippen molar-refractivity contribution in [1.82, 2.24) is 4.90 Å². The van der Waals surface area contributed by atoms with Crippen LogP contribution in [0.5, 0.6) is 5.75 Å². The van der Waals surface area contributed by atoms with E-state index in [0.29, 0.717) is 30.6 Å². The first-order chi connectivity index (χ1) is 11.6. The van der Waals surface area contributed by atoms with Gasteiger partial charge >= 0.3 is 0 Å². The predicted molar refractivity (Wildman–Crippen MR) is 87.9 cm³/mol. The molecule has 1 aliphatic rings. The molecule has 0 amide bonds. The van der Waals surface area contributed by atoms with Gasteiger partial charge < -0.3 is 9.84 Å². The van der Waals surface area contributed by atoms with Crippen LogP contribution in [0.15, 0.2) is 42.5 Å². The fourth-order valence-corrected chi connectivity index (χ4v) is 3.23. The van der Waals surface area contributed by atoms with Gasteiger partial charge in [-0.25, -0.2) is 4.39 Å². The summed E-state index contributed by atoms with van der Waals surface area (Å²) in [4.78, 5) is 2.04. The minimum atomic E-state index is -0.455. The summed E-state index contributed by atoms with van der Waals surface area (Å²) < 4.78 is 19.4. The van der Waals surface area contributed by atoms with Gasteiger partial charge in [0.15, 0.2) is 0 Å². The Morgan fingerprint density at radius 1 is 1.33 bits per heavy atom. The molecular formula is C19H19FN2O2. The van der Waals surface area contributed by atoms with Crippen molar-refractivity contribution in [3.63, 3.8) is 0 Å². The van der Waals surface area contributed by atoms with Crippen LogP contribution in [0.1, 0.15) is 29.2 Å². The first-order valence-corrected chi connectivity index (χ1v) is 7.85. The zero-order valence-electron chi connectivity index (χ0n) is 13.4. The van der Waals surface area contributed by atoms with Crippen LogP contribution in [0.4, 0.5) is 4.39 Å². The number of aliphatic hydroxyl groups excluding tert-OH is 1. The molecule has 0 aliphatic carbocycles. The molecule has 1 fully saturated rings. The largest absolute Gasteiger partial charge is 0.497 e. The van der Waals surface area contributed by atoms with Gasteiger partial charge in [0, 0.05) is 24.7 Å². The molecular weight excluding hydrogens is 307 g/mol. The number of halogens is 1. The van der Waals surface area contributed by atoms with Crippen molar-refractivity contribution in [2.45, 2.75) is 25.1 Å². The number of nitrogens with zero attached hydrogens (tertiary/aromatic N) is 2. The highest BCUT2D eigenvalue weighted by atomic mass is 19.1. The second-order valence-electron chi connectivity index (χ2n) is 6.03. The molecule has 1 heterocycles. The van der Waals surface area contributed by atoms with Crippen LogP contribution in [0.25, 0.3) is 0 Å². The zero-order chi connectivity index (χ0) is 17.1. The van der Waals surface area contributed by atoms with Crippen LogP contribution in [-0.2, 0) is 6.54 Å². The lowest BCUT2D eigenvalue weighted by molar-refractivity contribution is 0.172. The number of aliphatic hydroxyl groups is 1. The van der Waals surface area contributed by atoms with E-state index in [4.69, 9.17) is 10.00 Å². The molecule has 4 nitrogen and oxygen atoms in total. The zero-order valence-corrected chi connectivity index (χ0v) is 13.4. The molecule has 0 saturated carbocycles. The summed E-state index contributed by atoms with van der Waals surface area (Å²) >= 11 is 0. The molecule has 1 aliphatic heterocycles. The summed E-state index contributed by atoms with van der Waals surface area (Å²) in [5, 5.41) is 19.1. The van der Waals surface area contributed by atoms with Crippen LogP contribution >= 0.6 is 0 Å². The normalized spacial score (nSPS) is 20.8. The van der Waals surface area contributed by atoms with E-state index in [0.717, 1.165) is 11.3 Å². The number of nitriles is 1. The van der Waals surface area contributed by atoms with E-state index >= 15 is 0 Å². The Hall–Kier alpha value is -2.42. The number of ether oxygens (including phenoxy) is 1. The SMILES string of the molecule is COc1cccc([C@@H]2C[C@@H](O)CN2Cc2cc(C#N)ccc2F)c1. The molecule has 5 heteroatoms. The van der Waals surface area contributed by atoms with Crippen LogP contribution in [-0.4, -0.2) is 29.8 Å². The summed E-state index contributed by atoms with van der Waals surface area (Å²) in [7, 11) is 1.61. The number of rotatable bonds is 4. The smallest absolute Gasteiger partial charge is 0.127 e. The van der Waals surface area contributed by atoms with Gasteiger partial charge in [0.2, 0.25) is 0 Å². The predicted octanol–water partition coefficient (Wildman–Crippen LogP) is 3.01. The molecule has 24 heavy (non-hydrogen) atoms. The molecule has 1 saturated heterocycles. The minimum Gasteiger partial charge on any atom is -0.497 e. The Bertz CT molecular complexity index is 772. The topological polar surface area (TPSA) is 56.5 Å². The molecule has 1 N–H and O–H groups in total. The van der Waals surface area contributed by atoms with Crippen molar-refractivity contribution in [3.8, 4) is 11.8 Å². The van der Waals surface area contributed by atoms with Gasteiger partial charge in [-0.2, -0.15) is 5.26 Å². The Balaban J connectivity index is 1.87. The summed E-state index contributed by atoms with van der Waals surface area (Å²) in [5.41, 5.74) is 1.93. The number of methoxy groups -OCH3 is 1. The highest BCUT2D eigenvalue weighted by Crippen LogP contribution is 2.35. The third kappa shape index (κ3) is 3.40. The van der Waals surface area contributed by atoms with E-state index in [-0.39, 0.29) is 11.9 Å². The standard InChI is InChI=1S/C19H19FN2O2/c1-24-17-4-2-3-14(8-17)19-9-16(23)12-22(19)11-15-7-13(10-21)5-6-18(15)20/h2-8,16,19,23H,9,11-12H2,1H3/t16-,19+/m1/s1. The van der Waals surface area contributed by atoms with E-state index in [2.05, 4.69) is 0 Å². The number of likely N-dealkylation sites (tertiary alicyclic amines) is 1. The fraction of sp³-hybridized carbons (Fsp3) is 0.316. The number of benzene rings is 2. The summed E-state index contributed by atoms with van der Waals surface area (Å²) in [6.07, 6.45) is 0.135. The molecule has 0 bridgehead atoms. The van der Waals surface area contributed by atoms with Crippen LogP contribution < -0.4 is 4.74 Å². The van der Waals surface area contributed by atoms with Gasteiger partial charge in [0.25, 0.3) is 0 Å². The van der Waals surface area contributed by atoms with Crippen molar-refractivity contribution >= 4 is 0 Å². The highest BCUT2D eigenvalue weighted by molar-refractivity contribution is 5.35. The van der Waals surface area contributed by atoms with Crippen LogP contribution in [0.2, 0.25) is 0 Å². The van der Waals surface area contributed by atoms with E-state index in [1.807, 2.05) is 35.2 Å². The van der Waals surface area contributed by atoms with Crippen LogP contribution in [0.3, 0.4) is 0 Å². The van der Waals surface area contributed by atoms with Crippen molar-refractivity contribution < 1.29 is 14.2 Å². The molecule has 0 radical (unpaired) electrons. The molecule has 0 unspecified atom stereocenters. The van der Waals surface area contributed by atoms with Crippen molar-refractivity contribution in [2.24, 2.45) is 0 Å². The lowest BCUT2D eigenvalue weighted by atomic mass is 10.0. The van der Waals surface area contributed by atoms with Gasteiger partial charge in [-0.05, 0) is 42.3 Å². The Morgan fingerprint density at radius 2 is 2.17 bits per heavy atom. The minimum absolute atomic E-state index is 0.0137. The Labute approximate surface area is 140 Å². The van der Waals surface area contributed by atoms with E-state index in [1.165, 1.54) is 12.1 Å². The maximum atomic E-state index is 14.1. The van der Waals surface area contributed by atoms with E-state index < -0.39 is 6.10 Å². The summed E-state index contributed by atoms with van der Waals surface area (Å²) in [6.45, 7) is 0.818. The van der Waals surface area contributed by atoms with Gasteiger partial charge in [-0.3, -0.25) is 4.90 Å². The fourth-order valence-electron chi connectivity index (χ4n) is 3.23. The quantitative estimate of drug-likeness (QED) is 0.938. The second-order valence-corrected chi connectivity index (χ2v) is 6.03.